The molecule has 3 aliphatic heterocycles. The number of hydrogen-bond donors (Lipinski definition) is 0. The number of allylic oxidation sites excluding steroid dienone is 4. The van der Waals surface area contributed by atoms with Crippen molar-refractivity contribution in [3.8, 4) is 6.07 Å². The van der Waals surface area contributed by atoms with Crippen molar-refractivity contribution >= 4 is 11.7 Å². The normalized spacial score (nSPS) is 35.1. The summed E-state index contributed by atoms with van der Waals surface area (Å²) in [5.74, 6) is -0.776. The number of halogens is 3. The Balaban J connectivity index is 1.20. The lowest BCUT2D eigenvalue weighted by atomic mass is 9.86. The summed E-state index contributed by atoms with van der Waals surface area (Å²) in [6.07, 6.45) is 9.29. The molecule has 228 valence electrons. The van der Waals surface area contributed by atoms with Crippen molar-refractivity contribution in [1.29, 1.82) is 5.26 Å². The lowest BCUT2D eigenvalue weighted by Gasteiger charge is -2.31. The van der Waals surface area contributed by atoms with Crippen molar-refractivity contribution < 1.29 is 18.0 Å². The van der Waals surface area contributed by atoms with Crippen LogP contribution in [0.4, 0.5) is 18.0 Å². The van der Waals surface area contributed by atoms with Gasteiger partial charge < -0.3 is 9.80 Å². The number of likely N-dealkylation sites (N-methyl/N-ethyl adjacent to an activating group) is 1. The Morgan fingerprint density at radius 3 is 2.58 bits per heavy atom. The minimum Gasteiger partial charge on any atom is -0.310 e. The molecule has 3 fully saturated rings. The molecular formula is C31H37F3N8O. The highest BCUT2D eigenvalue weighted by atomic mass is 19.4. The number of aliphatic imine (C=N–C) groups is 1. The van der Waals surface area contributed by atoms with Crippen molar-refractivity contribution in [3.05, 3.63) is 47.6 Å². The summed E-state index contributed by atoms with van der Waals surface area (Å²) in [5.41, 5.74) is -0.470. The Morgan fingerprint density at radius 2 is 1.86 bits per heavy atom. The van der Waals surface area contributed by atoms with Gasteiger partial charge >= 0.3 is 12.2 Å². The number of aryl methyl sites for hydroxylation is 1. The molecule has 9 nitrogen and oxygen atoms in total. The number of urea groups is 1. The van der Waals surface area contributed by atoms with E-state index in [9.17, 15) is 23.2 Å². The Morgan fingerprint density at radius 1 is 1.09 bits per heavy atom. The van der Waals surface area contributed by atoms with Crippen LogP contribution in [0.2, 0.25) is 0 Å². The summed E-state index contributed by atoms with van der Waals surface area (Å²) < 4.78 is 41.2. The highest BCUT2D eigenvalue weighted by molar-refractivity contribution is 6.00. The predicted octanol–water partition coefficient (Wildman–Crippen LogP) is 4.94. The molecule has 1 aromatic rings. The monoisotopic (exact) mass is 594 g/mol. The fourth-order valence-corrected chi connectivity index (χ4v) is 7.92. The Hall–Kier alpha value is -3.46. The van der Waals surface area contributed by atoms with Gasteiger partial charge in [-0.3, -0.25) is 9.89 Å². The Labute approximate surface area is 249 Å². The van der Waals surface area contributed by atoms with Gasteiger partial charge in [-0.25, -0.2) is 14.5 Å². The summed E-state index contributed by atoms with van der Waals surface area (Å²) in [6.45, 7) is 8.94. The van der Waals surface area contributed by atoms with Crippen molar-refractivity contribution in [2.75, 3.05) is 26.7 Å². The van der Waals surface area contributed by atoms with Crippen LogP contribution >= 0.6 is 0 Å². The molecule has 0 bridgehead atoms. The van der Waals surface area contributed by atoms with Gasteiger partial charge in [-0.1, -0.05) is 56.7 Å². The minimum atomic E-state index is -4.58. The van der Waals surface area contributed by atoms with E-state index in [2.05, 4.69) is 66.1 Å². The molecule has 6 aliphatic rings. The van der Waals surface area contributed by atoms with Gasteiger partial charge in [0, 0.05) is 51.8 Å². The zero-order valence-electron chi connectivity index (χ0n) is 25.1. The Bertz CT molecular complexity index is 1560. The van der Waals surface area contributed by atoms with Crippen LogP contribution in [0, 0.1) is 27.6 Å². The molecule has 1 aromatic heterocycles. The number of rotatable bonds is 4. The van der Waals surface area contributed by atoms with Gasteiger partial charge in [-0.2, -0.15) is 18.4 Å². The van der Waals surface area contributed by atoms with Crippen LogP contribution in [0.25, 0.3) is 0 Å². The first-order chi connectivity index (χ1) is 20.2. The first-order valence-electron chi connectivity index (χ1n) is 15.0. The van der Waals surface area contributed by atoms with Crippen molar-refractivity contribution in [3.63, 3.8) is 0 Å². The van der Waals surface area contributed by atoms with Crippen LogP contribution in [0.1, 0.15) is 64.5 Å². The fourth-order valence-electron chi connectivity index (χ4n) is 7.92. The first-order valence-corrected chi connectivity index (χ1v) is 15.0. The van der Waals surface area contributed by atoms with Crippen LogP contribution in [-0.4, -0.2) is 79.1 Å². The topological polar surface area (TPSA) is 93.7 Å². The number of fused-ring (bicyclic) bond motifs is 2. The smallest absolute Gasteiger partial charge is 0.310 e. The van der Waals surface area contributed by atoms with Crippen molar-refractivity contribution in [1.82, 2.24) is 29.5 Å². The lowest BCUT2D eigenvalue weighted by Crippen LogP contribution is -2.44. The number of carbonyl (C=O) groups excluding carboxylic acids is 1. The summed E-state index contributed by atoms with van der Waals surface area (Å²) >= 11 is 0. The predicted molar refractivity (Wildman–Crippen MR) is 152 cm³/mol. The van der Waals surface area contributed by atoms with E-state index >= 15 is 0 Å². The highest BCUT2D eigenvalue weighted by Crippen LogP contribution is 2.71. The standard InChI is InChI=1S/C31H37F3N8O/c1-26(2,3)20-41-25(43)39(4)30-18-29(30,41)11-6-9-22(37-30)28-14-21(8-5-10-27(28,17-28)19-35)15-40-12-7-13-42-23(16-40)36-24(38-42)31(32,33)34/h5-6,10-11,14H,7-9,12-13,15-18,20H2,1-4H3. The molecule has 12 heteroatoms. The Kier molecular flexibility index (Phi) is 5.80. The maximum Gasteiger partial charge on any atom is 0.453 e. The maximum atomic E-state index is 13.5. The molecule has 7 rings (SSSR count). The number of carbonyl (C=O) groups is 1. The molecule has 43 heavy (non-hydrogen) atoms. The second-order valence-electron chi connectivity index (χ2n) is 14.3. The molecule has 0 spiro atoms. The van der Waals surface area contributed by atoms with Crippen LogP contribution in [0.15, 0.2) is 40.9 Å². The number of aromatic nitrogens is 3. The summed E-state index contributed by atoms with van der Waals surface area (Å²) in [4.78, 5) is 28.6. The van der Waals surface area contributed by atoms with Gasteiger partial charge in [0.25, 0.3) is 5.82 Å². The van der Waals surface area contributed by atoms with Crippen molar-refractivity contribution in [2.24, 2.45) is 21.2 Å². The van der Waals surface area contributed by atoms with Gasteiger partial charge in [0.1, 0.15) is 11.4 Å². The zero-order valence-corrected chi connectivity index (χ0v) is 25.1. The number of alkyl halides is 3. The zero-order chi connectivity index (χ0) is 30.6. The molecule has 2 saturated carbocycles. The second kappa shape index (κ2) is 8.80. The average Bonchev–Trinajstić information content (AvgIpc) is 3.73. The molecule has 4 atom stereocenters. The fraction of sp³-hybridized carbons (Fsp3) is 0.645. The summed E-state index contributed by atoms with van der Waals surface area (Å²) in [6, 6.07) is 2.57. The SMILES string of the molecule is CN1C(=O)N(CC(C)(C)C)C23C=CCC(C45C=C(CN6CCCn7nc(C(F)(F)F)nc7C6)CC=CC4(C#N)C5)=NC12C3. The van der Waals surface area contributed by atoms with Gasteiger partial charge in [0.15, 0.2) is 5.66 Å². The van der Waals surface area contributed by atoms with E-state index in [1.165, 1.54) is 4.68 Å². The molecule has 0 aromatic carbocycles. The largest absolute Gasteiger partial charge is 0.453 e. The first kappa shape index (κ1) is 28.3. The number of amides is 2. The molecule has 2 amide bonds. The van der Waals surface area contributed by atoms with E-state index in [0.29, 0.717) is 57.7 Å². The minimum absolute atomic E-state index is 0.0182. The van der Waals surface area contributed by atoms with Gasteiger partial charge in [-0.05, 0) is 24.7 Å². The van der Waals surface area contributed by atoms with Crippen LogP contribution in [-0.2, 0) is 19.3 Å². The average molecular weight is 595 g/mol. The molecule has 4 unspecified atom stereocenters. The molecular weight excluding hydrogens is 557 g/mol. The van der Waals surface area contributed by atoms with E-state index in [4.69, 9.17) is 4.99 Å². The highest BCUT2D eigenvalue weighted by Gasteiger charge is 2.81. The van der Waals surface area contributed by atoms with E-state index in [1.54, 1.807) is 4.90 Å². The van der Waals surface area contributed by atoms with E-state index in [0.717, 1.165) is 17.7 Å². The second-order valence-corrected chi connectivity index (χ2v) is 14.3. The lowest BCUT2D eigenvalue weighted by molar-refractivity contribution is -0.145. The van der Waals surface area contributed by atoms with Gasteiger partial charge in [-0.15, -0.1) is 5.10 Å². The molecule has 4 heterocycles. The van der Waals surface area contributed by atoms with Gasteiger partial charge in [0.05, 0.1) is 23.4 Å². The third kappa shape index (κ3) is 4.06. The van der Waals surface area contributed by atoms with E-state index in [-0.39, 0.29) is 18.0 Å². The summed E-state index contributed by atoms with van der Waals surface area (Å²) in [5, 5.41) is 14.1. The van der Waals surface area contributed by atoms with Crippen LogP contribution in [0.3, 0.4) is 0 Å². The molecule has 3 aliphatic carbocycles. The molecule has 1 saturated heterocycles. The maximum absolute atomic E-state index is 13.5. The van der Waals surface area contributed by atoms with Gasteiger partial charge in [0.2, 0.25) is 0 Å². The molecule has 0 radical (unpaired) electrons. The van der Waals surface area contributed by atoms with Crippen LogP contribution < -0.4 is 0 Å². The van der Waals surface area contributed by atoms with E-state index in [1.807, 2.05) is 18.0 Å². The summed E-state index contributed by atoms with van der Waals surface area (Å²) in [7, 11) is 1.84. The third-order valence-electron chi connectivity index (χ3n) is 10.1. The molecule has 0 N–H and O–H groups in total. The van der Waals surface area contributed by atoms with E-state index < -0.39 is 34.0 Å². The third-order valence-corrected chi connectivity index (χ3v) is 10.1. The number of nitrogens with zero attached hydrogens (tertiary/aromatic N) is 8. The van der Waals surface area contributed by atoms with Crippen LogP contribution in [0.5, 0.6) is 0 Å². The quantitative estimate of drug-likeness (QED) is 0.461. The number of hydrogen-bond acceptors (Lipinski definition) is 6. The van der Waals surface area contributed by atoms with Crippen molar-refractivity contribution in [2.45, 2.75) is 83.3 Å². The number of nitriles is 1.